The van der Waals surface area contributed by atoms with Crippen LogP contribution in [0.5, 0.6) is 0 Å². The van der Waals surface area contributed by atoms with E-state index in [0.717, 1.165) is 11.1 Å². The van der Waals surface area contributed by atoms with E-state index in [-0.39, 0.29) is 24.0 Å². The van der Waals surface area contributed by atoms with Gasteiger partial charge in [0.25, 0.3) is 5.91 Å². The third-order valence-corrected chi connectivity index (χ3v) is 4.25. The van der Waals surface area contributed by atoms with Crippen molar-refractivity contribution < 1.29 is 9.18 Å². The van der Waals surface area contributed by atoms with E-state index in [1.807, 2.05) is 13.8 Å². The van der Waals surface area contributed by atoms with Gasteiger partial charge < -0.3 is 9.88 Å². The first-order valence-corrected chi connectivity index (χ1v) is 8.97. The van der Waals surface area contributed by atoms with Crippen LogP contribution in [0.3, 0.4) is 0 Å². The van der Waals surface area contributed by atoms with Gasteiger partial charge in [-0.1, -0.05) is 13.8 Å². The molecular weight excluding hydrogens is 361 g/mol. The number of nitrogens with zero attached hydrogens (tertiary/aromatic N) is 3. The smallest absolute Gasteiger partial charge is 0.336 e. The normalized spacial score (nSPS) is 11.0. The molecular formula is C20H22FN5O2. The first kappa shape index (κ1) is 19.5. The second-order valence-corrected chi connectivity index (χ2v) is 7.13. The minimum Gasteiger partial charge on any atom is -0.336 e. The van der Waals surface area contributed by atoms with Gasteiger partial charge in [0.05, 0.1) is 11.9 Å². The molecule has 0 fully saturated rings. The number of rotatable bonds is 6. The second kappa shape index (κ2) is 8.16. The number of aromatic amines is 2. The van der Waals surface area contributed by atoms with E-state index < -0.39 is 5.69 Å². The van der Waals surface area contributed by atoms with E-state index in [1.54, 1.807) is 31.4 Å². The van der Waals surface area contributed by atoms with Crippen molar-refractivity contribution >= 4 is 5.91 Å². The monoisotopic (exact) mass is 383 g/mol. The van der Waals surface area contributed by atoms with Gasteiger partial charge >= 0.3 is 5.69 Å². The first-order chi connectivity index (χ1) is 13.3. The maximum Gasteiger partial charge on any atom is 0.345 e. The number of carbonyl (C=O) groups is 1. The highest BCUT2D eigenvalue weighted by atomic mass is 19.1. The van der Waals surface area contributed by atoms with Crippen LogP contribution in [0.15, 0.2) is 41.3 Å². The molecule has 28 heavy (non-hydrogen) atoms. The molecule has 1 aromatic carbocycles. The molecule has 0 spiro atoms. The van der Waals surface area contributed by atoms with Crippen LogP contribution in [0.25, 0.3) is 11.3 Å². The highest BCUT2D eigenvalue weighted by molar-refractivity contribution is 5.92. The standard InChI is InChI=1S/C20H22FN5O2/c1-12(2)8-16-9-17(24-20(28)23-16)19(27)26(3)11-14-10-22-25-18(14)13-4-6-15(21)7-5-13/h4-7,9-10,12H,8,11H2,1-3H3,(H,22,25)(H,23,24,28). The number of nitrogens with one attached hydrogen (secondary N) is 2. The fourth-order valence-electron chi connectivity index (χ4n) is 2.99. The molecule has 0 aliphatic heterocycles. The molecule has 0 aliphatic carbocycles. The molecule has 0 aliphatic rings. The molecule has 0 bridgehead atoms. The second-order valence-electron chi connectivity index (χ2n) is 7.13. The summed E-state index contributed by atoms with van der Waals surface area (Å²) in [6.45, 7) is 4.32. The van der Waals surface area contributed by atoms with E-state index in [4.69, 9.17) is 0 Å². The van der Waals surface area contributed by atoms with Crippen LogP contribution in [0, 0.1) is 11.7 Å². The van der Waals surface area contributed by atoms with Crippen LogP contribution in [-0.2, 0) is 13.0 Å². The van der Waals surface area contributed by atoms with Crippen molar-refractivity contribution in [2.24, 2.45) is 5.92 Å². The molecule has 2 N–H and O–H groups in total. The SMILES string of the molecule is CC(C)Cc1cc(C(=O)N(C)Cc2cn[nH]c2-c2ccc(F)cc2)nc(=O)[nH]1. The molecule has 3 aromatic rings. The Labute approximate surface area is 161 Å². The number of halogens is 1. The zero-order chi connectivity index (χ0) is 20.3. The van der Waals surface area contributed by atoms with Crippen LogP contribution < -0.4 is 5.69 Å². The fraction of sp³-hybridized carbons (Fsp3) is 0.300. The Balaban J connectivity index is 1.81. The third-order valence-electron chi connectivity index (χ3n) is 4.25. The summed E-state index contributed by atoms with van der Waals surface area (Å²) in [5, 5.41) is 6.92. The minimum absolute atomic E-state index is 0.105. The lowest BCUT2D eigenvalue weighted by Crippen LogP contribution is -2.30. The molecule has 2 heterocycles. The Hall–Kier alpha value is -3.29. The number of benzene rings is 1. The van der Waals surface area contributed by atoms with E-state index in [9.17, 15) is 14.0 Å². The lowest BCUT2D eigenvalue weighted by molar-refractivity contribution is 0.0778. The van der Waals surface area contributed by atoms with Crippen LogP contribution >= 0.6 is 0 Å². The average molecular weight is 383 g/mol. The van der Waals surface area contributed by atoms with E-state index >= 15 is 0 Å². The van der Waals surface area contributed by atoms with Crippen molar-refractivity contribution in [2.75, 3.05) is 7.05 Å². The van der Waals surface area contributed by atoms with Crippen LogP contribution in [0.4, 0.5) is 4.39 Å². The van der Waals surface area contributed by atoms with Crippen molar-refractivity contribution in [3.63, 3.8) is 0 Å². The summed E-state index contributed by atoms with van der Waals surface area (Å²) in [4.78, 5) is 32.6. The van der Waals surface area contributed by atoms with Gasteiger partial charge in [-0.15, -0.1) is 0 Å². The lowest BCUT2D eigenvalue weighted by atomic mass is 10.1. The van der Waals surface area contributed by atoms with Gasteiger partial charge in [0.15, 0.2) is 0 Å². The maximum absolute atomic E-state index is 13.2. The molecule has 3 rings (SSSR count). The van der Waals surface area contributed by atoms with Crippen LogP contribution in [0.2, 0.25) is 0 Å². The molecule has 7 nitrogen and oxygen atoms in total. The number of hydrogen-bond acceptors (Lipinski definition) is 4. The molecule has 2 aromatic heterocycles. The Bertz CT molecular complexity index is 1020. The highest BCUT2D eigenvalue weighted by Crippen LogP contribution is 2.22. The van der Waals surface area contributed by atoms with Crippen LogP contribution in [0.1, 0.15) is 35.6 Å². The van der Waals surface area contributed by atoms with Gasteiger partial charge in [-0.05, 0) is 42.7 Å². The predicted molar refractivity (Wildman–Crippen MR) is 103 cm³/mol. The summed E-state index contributed by atoms with van der Waals surface area (Å²) < 4.78 is 13.2. The number of hydrogen-bond donors (Lipinski definition) is 2. The third kappa shape index (κ3) is 4.51. The fourth-order valence-corrected chi connectivity index (χ4v) is 2.99. The topological polar surface area (TPSA) is 94.7 Å². The maximum atomic E-state index is 13.2. The number of aromatic nitrogens is 4. The van der Waals surface area contributed by atoms with Gasteiger partial charge in [0.1, 0.15) is 11.5 Å². The van der Waals surface area contributed by atoms with E-state index in [2.05, 4.69) is 20.2 Å². The van der Waals surface area contributed by atoms with Gasteiger partial charge in [-0.25, -0.2) is 9.18 Å². The zero-order valence-electron chi connectivity index (χ0n) is 16.0. The molecule has 0 saturated carbocycles. The van der Waals surface area contributed by atoms with Crippen molar-refractivity contribution in [3.05, 3.63) is 69.8 Å². The van der Waals surface area contributed by atoms with Gasteiger partial charge in [0, 0.05) is 30.4 Å². The summed E-state index contributed by atoms with van der Waals surface area (Å²) in [5.74, 6) is -0.347. The Morgan fingerprint density at radius 2 is 1.96 bits per heavy atom. The first-order valence-electron chi connectivity index (χ1n) is 8.97. The molecule has 1 amide bonds. The molecule has 0 atom stereocenters. The Morgan fingerprint density at radius 3 is 2.64 bits per heavy atom. The molecule has 0 radical (unpaired) electrons. The number of H-pyrrole nitrogens is 2. The average Bonchev–Trinajstić information content (AvgIpc) is 3.08. The van der Waals surface area contributed by atoms with Gasteiger partial charge in [-0.3, -0.25) is 9.89 Å². The van der Waals surface area contributed by atoms with Crippen molar-refractivity contribution in [1.82, 2.24) is 25.1 Å². The summed E-state index contributed by atoms with van der Waals surface area (Å²) in [6, 6.07) is 7.64. The predicted octanol–water partition coefficient (Wildman–Crippen LogP) is 2.77. The zero-order valence-corrected chi connectivity index (χ0v) is 16.0. The summed E-state index contributed by atoms with van der Waals surface area (Å²) in [6.07, 6.45) is 2.27. The van der Waals surface area contributed by atoms with Gasteiger partial charge in [0.2, 0.25) is 0 Å². The number of amides is 1. The highest BCUT2D eigenvalue weighted by Gasteiger charge is 2.18. The summed E-state index contributed by atoms with van der Waals surface area (Å²) >= 11 is 0. The molecule has 146 valence electrons. The Morgan fingerprint density at radius 1 is 1.25 bits per heavy atom. The van der Waals surface area contributed by atoms with E-state index in [0.29, 0.717) is 23.7 Å². The van der Waals surface area contributed by atoms with Crippen molar-refractivity contribution in [1.29, 1.82) is 0 Å². The Kier molecular flexibility index (Phi) is 5.67. The van der Waals surface area contributed by atoms with Crippen molar-refractivity contribution in [2.45, 2.75) is 26.8 Å². The largest absolute Gasteiger partial charge is 0.345 e. The molecule has 8 heteroatoms. The van der Waals surface area contributed by atoms with Crippen LogP contribution in [-0.4, -0.2) is 38.0 Å². The summed E-state index contributed by atoms with van der Waals surface area (Å²) in [5.41, 5.74) is 2.50. The minimum atomic E-state index is -0.537. The molecule has 0 unspecified atom stereocenters. The summed E-state index contributed by atoms with van der Waals surface area (Å²) in [7, 11) is 1.63. The molecule has 0 saturated heterocycles. The quantitative estimate of drug-likeness (QED) is 0.684. The van der Waals surface area contributed by atoms with Gasteiger partial charge in [-0.2, -0.15) is 10.1 Å². The number of carbonyl (C=O) groups excluding carboxylic acids is 1. The lowest BCUT2D eigenvalue weighted by Gasteiger charge is -2.17. The van der Waals surface area contributed by atoms with E-state index in [1.165, 1.54) is 17.0 Å². The van der Waals surface area contributed by atoms with Crippen molar-refractivity contribution in [3.8, 4) is 11.3 Å².